The summed E-state index contributed by atoms with van der Waals surface area (Å²) in [6.45, 7) is 1.96. The van der Waals surface area contributed by atoms with E-state index in [-0.39, 0.29) is 17.7 Å². The highest BCUT2D eigenvalue weighted by atomic mass is 16.5. The lowest BCUT2D eigenvalue weighted by molar-refractivity contribution is -0.145. The zero-order chi connectivity index (χ0) is 25.2. The summed E-state index contributed by atoms with van der Waals surface area (Å²) in [6.07, 6.45) is -0.907. The minimum absolute atomic E-state index is 0.0285. The van der Waals surface area contributed by atoms with E-state index in [1.54, 1.807) is 55.6 Å². The Morgan fingerprint density at radius 1 is 0.833 bits per heavy atom. The molecule has 3 aromatic rings. The molecule has 2 fully saturated rings. The van der Waals surface area contributed by atoms with Gasteiger partial charge in [-0.05, 0) is 30.2 Å². The second-order valence-corrected chi connectivity index (χ2v) is 9.50. The maximum absolute atomic E-state index is 13.9. The predicted molar refractivity (Wildman–Crippen MR) is 128 cm³/mol. The van der Waals surface area contributed by atoms with E-state index in [0.29, 0.717) is 11.3 Å². The van der Waals surface area contributed by atoms with Crippen molar-refractivity contribution in [2.24, 2.45) is 11.8 Å². The van der Waals surface area contributed by atoms with Crippen LogP contribution in [0.2, 0.25) is 0 Å². The van der Waals surface area contributed by atoms with Gasteiger partial charge in [-0.15, -0.1) is 0 Å². The first-order valence-corrected chi connectivity index (χ1v) is 11.8. The first-order chi connectivity index (χ1) is 17.4. The number of amides is 2. The maximum atomic E-state index is 13.9. The van der Waals surface area contributed by atoms with Crippen molar-refractivity contribution in [3.8, 4) is 5.75 Å². The van der Waals surface area contributed by atoms with Crippen LogP contribution in [0, 0.1) is 18.8 Å². The molecule has 7 nitrogen and oxygen atoms in total. The first-order valence-electron chi connectivity index (χ1n) is 11.8. The Kier molecular flexibility index (Phi) is 4.95. The number of ether oxygens (including phenoxy) is 2. The molecule has 3 aromatic carbocycles. The number of carbonyl (C=O) groups excluding carboxylic acids is 4. The molecule has 0 unspecified atom stereocenters. The minimum Gasteiger partial charge on any atom is -0.497 e. The van der Waals surface area contributed by atoms with Gasteiger partial charge in [0.1, 0.15) is 5.75 Å². The number of rotatable bonds is 4. The Bertz CT molecular complexity index is 1390. The average Bonchev–Trinajstić information content (AvgIpc) is 3.46. The third-order valence-electron chi connectivity index (χ3n) is 7.52. The van der Waals surface area contributed by atoms with Crippen molar-refractivity contribution in [3.63, 3.8) is 0 Å². The van der Waals surface area contributed by atoms with Gasteiger partial charge in [-0.3, -0.25) is 24.1 Å². The molecular formula is C29H23NO6. The van der Waals surface area contributed by atoms with Crippen LogP contribution in [0.25, 0.3) is 0 Å². The normalized spacial score (nSPS) is 23.9. The molecule has 0 bridgehead atoms. The lowest BCUT2D eigenvalue weighted by Gasteiger charge is -2.27. The van der Waals surface area contributed by atoms with E-state index in [0.717, 1.165) is 16.0 Å². The van der Waals surface area contributed by atoms with Crippen LogP contribution < -0.4 is 4.74 Å². The minimum atomic E-state index is -2.05. The average molecular weight is 482 g/mol. The molecule has 36 heavy (non-hydrogen) atoms. The Balaban J connectivity index is 1.45. The Morgan fingerprint density at radius 2 is 1.44 bits per heavy atom. The number of hydrogen-bond donors (Lipinski definition) is 0. The molecule has 0 saturated carbocycles. The SMILES string of the molecule is COc1ccc(CN2C(=O)[C@@H]3[C@@H](C2=O)C2(O[C@H]3c3ccc(C)cc3)C(=O)c3ccccc3C2=O)cc1. The van der Waals surface area contributed by atoms with Gasteiger partial charge in [0.15, 0.2) is 0 Å². The van der Waals surface area contributed by atoms with Crippen molar-refractivity contribution < 1.29 is 28.7 Å². The van der Waals surface area contributed by atoms with Crippen LogP contribution in [0.5, 0.6) is 5.75 Å². The number of likely N-dealkylation sites (tertiary alicyclic amines) is 1. The monoisotopic (exact) mass is 481 g/mol. The molecule has 2 aliphatic heterocycles. The maximum Gasteiger partial charge on any atom is 0.237 e. The van der Waals surface area contributed by atoms with E-state index < -0.39 is 46.9 Å². The smallest absolute Gasteiger partial charge is 0.237 e. The van der Waals surface area contributed by atoms with E-state index in [1.807, 2.05) is 31.2 Å². The second kappa shape index (κ2) is 7.96. The predicted octanol–water partition coefficient (Wildman–Crippen LogP) is 3.69. The molecule has 6 rings (SSSR count). The summed E-state index contributed by atoms with van der Waals surface area (Å²) in [5, 5.41) is 0. The topological polar surface area (TPSA) is 90.0 Å². The molecule has 0 aromatic heterocycles. The summed E-state index contributed by atoms with van der Waals surface area (Å²) in [4.78, 5) is 56.3. The number of fused-ring (bicyclic) bond motifs is 3. The van der Waals surface area contributed by atoms with E-state index in [1.165, 1.54) is 0 Å². The molecule has 0 N–H and O–H groups in total. The van der Waals surface area contributed by atoms with Crippen LogP contribution in [0.4, 0.5) is 0 Å². The fraction of sp³-hybridized carbons (Fsp3) is 0.241. The molecular weight excluding hydrogens is 458 g/mol. The fourth-order valence-corrected chi connectivity index (χ4v) is 5.70. The van der Waals surface area contributed by atoms with Gasteiger partial charge in [0.05, 0.1) is 31.6 Å². The van der Waals surface area contributed by atoms with E-state index in [9.17, 15) is 19.2 Å². The number of nitrogens with zero attached hydrogens (tertiary/aromatic N) is 1. The zero-order valence-corrected chi connectivity index (χ0v) is 19.8. The fourth-order valence-electron chi connectivity index (χ4n) is 5.70. The summed E-state index contributed by atoms with van der Waals surface area (Å²) >= 11 is 0. The highest BCUT2D eigenvalue weighted by Crippen LogP contribution is 2.57. The molecule has 1 spiro atoms. The van der Waals surface area contributed by atoms with E-state index in [2.05, 4.69) is 0 Å². The summed E-state index contributed by atoms with van der Waals surface area (Å²) in [5.41, 5.74) is 0.784. The third kappa shape index (κ3) is 2.96. The number of hydrogen-bond acceptors (Lipinski definition) is 6. The molecule has 3 aliphatic rings. The van der Waals surface area contributed by atoms with Crippen molar-refractivity contribution >= 4 is 23.4 Å². The van der Waals surface area contributed by atoms with Crippen molar-refractivity contribution in [3.05, 3.63) is 101 Å². The van der Waals surface area contributed by atoms with Gasteiger partial charge in [-0.1, -0.05) is 66.2 Å². The number of imide groups is 1. The molecule has 1 aliphatic carbocycles. The Morgan fingerprint density at radius 3 is 2.03 bits per heavy atom. The number of benzene rings is 3. The Hall–Kier alpha value is -4.10. The number of ketones is 2. The standard InChI is InChI=1S/C29H23NO6/c1-16-7-11-18(12-8-16)24-22-23(29(36-24)25(31)20-5-3-4-6-21(20)26(29)32)28(34)30(27(22)33)15-17-9-13-19(35-2)14-10-17/h3-14,22-24H,15H2,1-2H3/t22-,23+,24+/m1/s1. The van der Waals surface area contributed by atoms with Gasteiger partial charge in [-0.2, -0.15) is 0 Å². The van der Waals surface area contributed by atoms with Crippen LogP contribution in [-0.4, -0.2) is 41.0 Å². The van der Waals surface area contributed by atoms with Crippen LogP contribution in [-0.2, 0) is 20.9 Å². The van der Waals surface area contributed by atoms with Gasteiger partial charge in [0.25, 0.3) is 0 Å². The van der Waals surface area contributed by atoms with Crippen LogP contribution in [0.1, 0.15) is 43.5 Å². The van der Waals surface area contributed by atoms with E-state index >= 15 is 0 Å². The first kappa shape index (κ1) is 22.4. The molecule has 0 radical (unpaired) electrons. The van der Waals surface area contributed by atoms with Crippen molar-refractivity contribution in [2.45, 2.75) is 25.2 Å². The van der Waals surface area contributed by atoms with Gasteiger partial charge >= 0.3 is 0 Å². The molecule has 2 amide bonds. The van der Waals surface area contributed by atoms with Gasteiger partial charge in [0.2, 0.25) is 29.0 Å². The largest absolute Gasteiger partial charge is 0.497 e. The van der Waals surface area contributed by atoms with E-state index in [4.69, 9.17) is 9.47 Å². The lowest BCUT2D eigenvalue weighted by Crippen LogP contribution is -2.50. The summed E-state index contributed by atoms with van der Waals surface area (Å²) in [6, 6.07) is 20.9. The highest BCUT2D eigenvalue weighted by Gasteiger charge is 2.74. The van der Waals surface area contributed by atoms with Crippen molar-refractivity contribution in [1.29, 1.82) is 0 Å². The van der Waals surface area contributed by atoms with Crippen molar-refractivity contribution in [1.82, 2.24) is 4.90 Å². The summed E-state index contributed by atoms with van der Waals surface area (Å²) < 4.78 is 11.5. The molecule has 3 atom stereocenters. The Labute approximate surface area is 207 Å². The third-order valence-corrected chi connectivity index (χ3v) is 7.52. The second-order valence-electron chi connectivity index (χ2n) is 9.50. The summed E-state index contributed by atoms with van der Waals surface area (Å²) in [5.74, 6) is -3.69. The van der Waals surface area contributed by atoms with Gasteiger partial charge in [-0.25, -0.2) is 0 Å². The van der Waals surface area contributed by atoms with Crippen LogP contribution in [0.3, 0.4) is 0 Å². The highest BCUT2D eigenvalue weighted by molar-refractivity contribution is 6.35. The van der Waals surface area contributed by atoms with Crippen LogP contribution in [0.15, 0.2) is 72.8 Å². The van der Waals surface area contributed by atoms with Gasteiger partial charge < -0.3 is 9.47 Å². The lowest BCUT2D eigenvalue weighted by atomic mass is 9.77. The quantitative estimate of drug-likeness (QED) is 0.417. The zero-order valence-electron chi connectivity index (χ0n) is 19.8. The van der Waals surface area contributed by atoms with Gasteiger partial charge in [0, 0.05) is 11.1 Å². The molecule has 2 saturated heterocycles. The van der Waals surface area contributed by atoms with Crippen LogP contribution >= 0.6 is 0 Å². The molecule has 2 heterocycles. The van der Waals surface area contributed by atoms with Crippen molar-refractivity contribution in [2.75, 3.05) is 7.11 Å². The number of Topliss-reactive ketones (excluding diaryl/α,β-unsaturated/α-hetero) is 2. The number of carbonyl (C=O) groups is 4. The number of aryl methyl sites for hydroxylation is 1. The number of methoxy groups -OCH3 is 1. The summed E-state index contributed by atoms with van der Waals surface area (Å²) in [7, 11) is 1.56. The molecule has 7 heteroatoms. The molecule has 180 valence electrons.